The summed E-state index contributed by atoms with van der Waals surface area (Å²) >= 11 is 18.3. The number of fused-ring (bicyclic) bond motifs is 4. The van der Waals surface area contributed by atoms with Gasteiger partial charge in [0.2, 0.25) is 5.60 Å². The molecule has 2 bridgehead atoms. The monoisotopic (exact) mass is 1160 g/mol. The van der Waals surface area contributed by atoms with Gasteiger partial charge >= 0.3 is 42.1 Å². The molecule has 2 aromatic carbocycles. The first-order chi connectivity index (χ1) is 36.8. The highest BCUT2D eigenvalue weighted by Crippen LogP contribution is 2.67. The summed E-state index contributed by atoms with van der Waals surface area (Å²) in [5.41, 5.74) is -9.67. The molecule has 2 aromatic rings. The normalized spacial score (nSPS) is 32.5. The number of amides is 1. The van der Waals surface area contributed by atoms with Crippen molar-refractivity contribution in [2.45, 2.75) is 165 Å². The largest absolute Gasteiger partial charge is 0.509 e. The summed E-state index contributed by atoms with van der Waals surface area (Å²) in [5.74, 6) is -7.94. The van der Waals surface area contributed by atoms with Crippen LogP contribution < -0.4 is 9.47 Å². The zero-order valence-corrected chi connectivity index (χ0v) is 48.1. The second-order valence-electron chi connectivity index (χ2n) is 22.6. The van der Waals surface area contributed by atoms with Gasteiger partial charge in [0.15, 0.2) is 48.1 Å². The van der Waals surface area contributed by atoms with E-state index in [1.54, 1.807) is 57.2 Å². The van der Waals surface area contributed by atoms with Crippen molar-refractivity contribution >= 4 is 82.7 Å². The summed E-state index contributed by atoms with van der Waals surface area (Å²) in [4.78, 5) is 118. The van der Waals surface area contributed by atoms with Crippen molar-refractivity contribution in [2.24, 2.45) is 22.7 Å². The lowest BCUT2D eigenvalue weighted by Crippen LogP contribution is -2.83. The van der Waals surface area contributed by atoms with Crippen molar-refractivity contribution in [3.8, 4) is 11.5 Å². The average molecular weight is 1170 g/mol. The lowest BCUT2D eigenvalue weighted by atomic mass is 9.44. The maximum absolute atomic E-state index is 16.4. The van der Waals surface area contributed by atoms with Gasteiger partial charge in [-0.2, -0.15) is 0 Å². The highest BCUT2D eigenvalue weighted by molar-refractivity contribution is 6.75. The summed E-state index contributed by atoms with van der Waals surface area (Å²) in [6.07, 6.45) is -16.3. The summed E-state index contributed by atoms with van der Waals surface area (Å²) in [5, 5.41) is 0. The van der Waals surface area contributed by atoms with Gasteiger partial charge in [0.1, 0.15) is 29.3 Å². The van der Waals surface area contributed by atoms with Crippen molar-refractivity contribution in [1.82, 2.24) is 4.90 Å². The number of benzene rings is 2. The Labute approximate surface area is 471 Å². The average Bonchev–Trinajstić information content (AvgIpc) is 2.06. The fourth-order valence-corrected chi connectivity index (χ4v) is 12.8. The highest BCUT2D eigenvalue weighted by Gasteiger charge is 2.84. The molecule has 2 saturated carbocycles. The smallest absolute Gasteiger partial charge is 0.497 e. The number of halogens is 3. The number of Topliss-reactive ketones (excluding diaryl/α,β-unsaturated/α-hetero) is 1. The van der Waals surface area contributed by atoms with E-state index < -0.39 is 153 Å². The molecular weight excluding hydrogens is 1100 g/mol. The van der Waals surface area contributed by atoms with Gasteiger partial charge in [-0.3, -0.25) is 19.3 Å². The number of alkyl halides is 3. The molecule has 3 heterocycles. The molecule has 3 aliphatic carbocycles. The van der Waals surface area contributed by atoms with E-state index in [2.05, 4.69) is 0 Å². The maximum Gasteiger partial charge on any atom is 0.509 e. The quantitative estimate of drug-likeness (QED) is 0.0843. The van der Waals surface area contributed by atoms with E-state index in [0.29, 0.717) is 11.3 Å². The van der Waals surface area contributed by atoms with E-state index in [-0.39, 0.29) is 34.8 Å². The van der Waals surface area contributed by atoms with Gasteiger partial charge in [-0.15, -0.1) is 0 Å². The second kappa shape index (κ2) is 21.2. The molecule has 6 aliphatic rings. The zero-order chi connectivity index (χ0) is 58.3. The number of hydrogen-bond donors (Lipinski definition) is 0. The van der Waals surface area contributed by atoms with E-state index in [0.717, 1.165) is 13.8 Å². The summed E-state index contributed by atoms with van der Waals surface area (Å²) in [7, 11) is 2.87. The number of ketones is 1. The minimum atomic E-state index is -2.73. The van der Waals surface area contributed by atoms with Crippen LogP contribution in [-0.4, -0.2) is 143 Å². The van der Waals surface area contributed by atoms with Gasteiger partial charge < -0.3 is 56.8 Å². The number of hydrogen-bond acceptors (Lipinski definition) is 20. The maximum atomic E-state index is 16.4. The molecule has 1 spiro atoms. The number of carbonyl (C=O) groups excluding carboxylic acids is 8. The third-order valence-corrected chi connectivity index (χ3v) is 16.3. The van der Waals surface area contributed by atoms with Crippen LogP contribution in [0, 0.1) is 22.7 Å². The van der Waals surface area contributed by atoms with Crippen molar-refractivity contribution in [3.63, 3.8) is 0 Å². The summed E-state index contributed by atoms with van der Waals surface area (Å²) in [6.45, 7) is 16.2. The first-order valence-corrected chi connectivity index (χ1v) is 26.7. The van der Waals surface area contributed by atoms with Crippen LogP contribution in [-0.2, 0) is 71.3 Å². The Bertz CT molecular complexity index is 2840. The molecule has 0 aromatic heterocycles. The third kappa shape index (κ3) is 10.1. The molecule has 3 unspecified atom stereocenters. The lowest BCUT2D eigenvalue weighted by molar-refractivity contribution is -0.346. The van der Waals surface area contributed by atoms with Crippen molar-refractivity contribution in [2.75, 3.05) is 20.8 Å². The molecule has 0 N–H and O–H groups in total. The molecule has 8 rings (SSSR count). The van der Waals surface area contributed by atoms with Crippen LogP contribution in [0.15, 0.2) is 59.7 Å². The van der Waals surface area contributed by atoms with E-state index in [1.165, 1.54) is 58.9 Å². The molecule has 24 heteroatoms. The Kier molecular flexibility index (Phi) is 15.9. The topological polar surface area (TPSA) is 251 Å². The Morgan fingerprint density at radius 1 is 0.873 bits per heavy atom. The van der Waals surface area contributed by atoms with Gasteiger partial charge in [0.05, 0.1) is 43.8 Å². The fourth-order valence-electron chi connectivity index (χ4n) is 12.7. The second-order valence-corrected chi connectivity index (χ2v) is 24.9. The van der Waals surface area contributed by atoms with E-state index in [1.807, 2.05) is 13.8 Å². The summed E-state index contributed by atoms with van der Waals surface area (Å²) in [6, 6.07) is 11.3. The van der Waals surface area contributed by atoms with E-state index >= 15 is 9.59 Å². The fraction of sp³-hybridized carbons (Fsp3) is 0.600. The Balaban J connectivity index is 1.39. The Hall–Kier alpha value is -5.87. The predicted molar refractivity (Wildman–Crippen MR) is 276 cm³/mol. The lowest BCUT2D eigenvalue weighted by Gasteiger charge is -2.67. The molecule has 5 fully saturated rings. The van der Waals surface area contributed by atoms with Crippen LogP contribution in [0.2, 0.25) is 0 Å². The number of carbonyl (C=O) groups is 8. The molecule has 430 valence electrons. The highest BCUT2D eigenvalue weighted by atomic mass is 35.6. The van der Waals surface area contributed by atoms with Crippen LogP contribution >= 0.6 is 34.8 Å². The molecule has 79 heavy (non-hydrogen) atoms. The Morgan fingerprint density at radius 3 is 2.10 bits per heavy atom. The molecule has 21 nitrogen and oxygen atoms in total. The molecule has 1 amide bonds. The molecule has 0 radical (unpaired) electrons. The molecule has 13 atom stereocenters. The van der Waals surface area contributed by atoms with E-state index in [4.69, 9.17) is 91.6 Å². The number of methoxy groups -OCH3 is 2. The van der Waals surface area contributed by atoms with Gasteiger partial charge in [0, 0.05) is 37.3 Å². The molecule has 3 saturated heterocycles. The minimum Gasteiger partial charge on any atom is -0.497 e. The van der Waals surface area contributed by atoms with Crippen LogP contribution in [0.5, 0.6) is 11.5 Å². The van der Waals surface area contributed by atoms with Crippen LogP contribution in [0.1, 0.15) is 111 Å². The first kappa shape index (κ1) is 59.3. The van der Waals surface area contributed by atoms with Gasteiger partial charge in [0.25, 0.3) is 3.79 Å². The van der Waals surface area contributed by atoms with Gasteiger partial charge in [-0.25, -0.2) is 24.0 Å². The van der Waals surface area contributed by atoms with Crippen molar-refractivity contribution in [1.29, 1.82) is 0 Å². The number of esters is 5. The van der Waals surface area contributed by atoms with Crippen LogP contribution in [0.3, 0.4) is 0 Å². The van der Waals surface area contributed by atoms with Gasteiger partial charge in [-0.1, -0.05) is 80.7 Å². The van der Waals surface area contributed by atoms with Crippen LogP contribution in [0.25, 0.3) is 0 Å². The number of ether oxygens (including phenoxy) is 12. The Morgan fingerprint density at radius 2 is 1.54 bits per heavy atom. The van der Waals surface area contributed by atoms with Crippen LogP contribution in [0.4, 0.5) is 9.59 Å². The predicted octanol–water partition coefficient (Wildman–Crippen LogP) is 8.04. The SMILES string of the molecule is COc1ccc(C2O[C@@H](C(=O)O[C@@H]3C(C)=C4[C@@H](OC(C)=O)C(=O)[C@@]5(C)C([C@H](OC(=O)c6ccccc6)[C@@]6(OC(=O)O[C@@H]36)C4(C)C)[C@]3(OC(C)=O)CO[C@@H]3C[C@@H]5OC(=O)C(Cl)(Cl)Cl)C(CC(C)C)N2C(=O)OC(C)(C)C)c(OC)c1. The van der Waals surface area contributed by atoms with Gasteiger partial charge in [-0.05, 0) is 82.4 Å². The third-order valence-electron chi connectivity index (χ3n) is 15.8. The zero-order valence-electron chi connectivity index (χ0n) is 45.8. The standard InChI is InChI=1S/C55H64Cl3NO20/c1-25(2)21-32-38(73-44(59(32)48(66)78-50(6,7)8)31-20-19-30(68-12)22-33(31)69-13)46(64)74-37-26(3)36-39(71-27(4)60)41(62)52(11)34(72-47(65)55(56,57)58)23-35-53(24-70-35,77-28(5)61)40(52)43(75-45(63)29-17-15-14-16-18-29)54(51(36,9)10)42(37)76-49(67)79-54/h14-20,22,25,32,34-35,37-40,42-44H,21,23-24H2,1-13H3/t32?,34-,35+,37+,38+,39+,40?,42-,43-,44?,52+,53-,54+/m0/s1. The molecule has 3 aliphatic heterocycles. The van der Waals surface area contributed by atoms with Crippen molar-refractivity contribution < 1.29 is 95.2 Å². The molecular formula is C55H64Cl3NO20. The first-order valence-electron chi connectivity index (χ1n) is 25.5. The number of nitrogens with zero attached hydrogens (tertiary/aromatic N) is 1. The number of rotatable bonds is 12. The minimum absolute atomic E-state index is 0.00645. The summed E-state index contributed by atoms with van der Waals surface area (Å²) < 4.78 is 71.5. The van der Waals surface area contributed by atoms with Crippen molar-refractivity contribution in [3.05, 3.63) is 70.8 Å². The van der Waals surface area contributed by atoms with E-state index in [9.17, 15) is 28.8 Å².